The van der Waals surface area contributed by atoms with E-state index >= 15 is 0 Å². The molecule has 0 radical (unpaired) electrons. The summed E-state index contributed by atoms with van der Waals surface area (Å²) in [7, 11) is 0. The number of carbonyl (C=O) groups is 1. The number of H-pyrrole nitrogens is 1. The number of carbonyl (C=O) groups excluding carboxylic acids is 1. The highest BCUT2D eigenvalue weighted by Crippen LogP contribution is 2.20. The smallest absolute Gasteiger partial charge is 0.270 e. The van der Waals surface area contributed by atoms with E-state index in [0.29, 0.717) is 28.5 Å². The third-order valence-corrected chi connectivity index (χ3v) is 3.09. The number of hydrogen-bond acceptors (Lipinski definition) is 6. The van der Waals surface area contributed by atoms with E-state index in [1.54, 1.807) is 6.92 Å². The summed E-state index contributed by atoms with van der Waals surface area (Å²) in [6.07, 6.45) is 0.661. The van der Waals surface area contributed by atoms with Gasteiger partial charge in [-0.2, -0.15) is 5.10 Å². The van der Waals surface area contributed by atoms with Crippen LogP contribution in [0.25, 0.3) is 0 Å². The fourth-order valence-corrected chi connectivity index (χ4v) is 1.96. The zero-order valence-electron chi connectivity index (χ0n) is 9.44. The van der Waals surface area contributed by atoms with Crippen LogP contribution in [0.3, 0.4) is 0 Å². The summed E-state index contributed by atoms with van der Waals surface area (Å²) in [5.41, 5.74) is 7.58. The first kappa shape index (κ1) is 11.5. The lowest BCUT2D eigenvalue weighted by atomic mass is 10.3. The second-order valence-electron chi connectivity index (χ2n) is 3.47. The molecular weight excluding hydrogens is 240 g/mol. The molecule has 2 rings (SSSR count). The average Bonchev–Trinajstić information content (AvgIpc) is 2.90. The molecule has 0 unspecified atom stereocenters. The molecule has 0 aliphatic heterocycles. The lowest BCUT2D eigenvalue weighted by Crippen LogP contribution is -2.13. The van der Waals surface area contributed by atoms with Crippen molar-refractivity contribution in [1.82, 2.24) is 19.8 Å². The molecule has 4 N–H and O–H groups in total. The molecular formula is C9H12N6OS. The molecule has 90 valence electrons. The van der Waals surface area contributed by atoms with Crippen LogP contribution in [-0.4, -0.2) is 25.7 Å². The van der Waals surface area contributed by atoms with E-state index in [4.69, 9.17) is 5.73 Å². The van der Waals surface area contributed by atoms with Gasteiger partial charge in [0.2, 0.25) is 0 Å². The predicted octanol–water partition coefficient (Wildman–Crippen LogP) is 0.967. The maximum absolute atomic E-state index is 11.9. The van der Waals surface area contributed by atoms with Crippen molar-refractivity contribution in [2.75, 3.05) is 11.1 Å². The first-order valence-electron chi connectivity index (χ1n) is 5.06. The third kappa shape index (κ3) is 2.11. The quantitative estimate of drug-likeness (QED) is 0.753. The van der Waals surface area contributed by atoms with Crippen LogP contribution in [0.2, 0.25) is 0 Å². The average molecular weight is 252 g/mol. The number of nitrogens with two attached hydrogens (primary N) is 1. The molecule has 0 fully saturated rings. The van der Waals surface area contributed by atoms with E-state index in [1.165, 1.54) is 0 Å². The van der Waals surface area contributed by atoms with Gasteiger partial charge in [0.1, 0.15) is 4.88 Å². The van der Waals surface area contributed by atoms with Gasteiger partial charge in [0.05, 0.1) is 17.1 Å². The second kappa shape index (κ2) is 4.50. The summed E-state index contributed by atoms with van der Waals surface area (Å²) in [6, 6.07) is 0. The lowest BCUT2D eigenvalue weighted by molar-refractivity contribution is 0.102. The molecule has 2 aromatic rings. The molecule has 7 nitrogen and oxygen atoms in total. The van der Waals surface area contributed by atoms with Crippen LogP contribution in [0, 0.1) is 6.92 Å². The number of aryl methyl sites for hydroxylation is 2. The largest absolute Gasteiger partial charge is 0.394 e. The van der Waals surface area contributed by atoms with Crippen molar-refractivity contribution in [3.63, 3.8) is 0 Å². The minimum atomic E-state index is -0.282. The topological polar surface area (TPSA) is 110 Å². The monoisotopic (exact) mass is 252 g/mol. The van der Waals surface area contributed by atoms with Gasteiger partial charge >= 0.3 is 0 Å². The number of nitrogens with zero attached hydrogens (tertiary/aromatic N) is 3. The van der Waals surface area contributed by atoms with E-state index in [-0.39, 0.29) is 5.91 Å². The van der Waals surface area contributed by atoms with Crippen molar-refractivity contribution in [2.45, 2.75) is 20.3 Å². The summed E-state index contributed by atoms with van der Waals surface area (Å²) < 4.78 is 3.75. The minimum absolute atomic E-state index is 0.282. The molecule has 0 aliphatic carbocycles. The Balaban J connectivity index is 2.20. The van der Waals surface area contributed by atoms with Gasteiger partial charge in [-0.1, -0.05) is 11.4 Å². The molecule has 0 bridgehead atoms. The Hall–Kier alpha value is -1.96. The Bertz CT molecular complexity index is 545. The molecule has 0 atom stereocenters. The highest BCUT2D eigenvalue weighted by molar-refractivity contribution is 7.08. The van der Waals surface area contributed by atoms with Crippen LogP contribution < -0.4 is 11.1 Å². The maximum atomic E-state index is 11.9. The van der Waals surface area contributed by atoms with E-state index in [9.17, 15) is 4.79 Å². The number of nitrogen functional groups attached to an aromatic ring is 1. The van der Waals surface area contributed by atoms with Crippen molar-refractivity contribution >= 4 is 28.9 Å². The van der Waals surface area contributed by atoms with Crippen LogP contribution in [-0.2, 0) is 6.42 Å². The first-order valence-corrected chi connectivity index (χ1v) is 5.83. The Kier molecular flexibility index (Phi) is 3.05. The van der Waals surface area contributed by atoms with E-state index in [1.807, 2.05) is 6.92 Å². The van der Waals surface area contributed by atoms with Gasteiger partial charge in [-0.05, 0) is 24.9 Å². The van der Waals surface area contributed by atoms with E-state index in [0.717, 1.165) is 17.2 Å². The molecule has 0 aliphatic rings. The van der Waals surface area contributed by atoms with Crippen molar-refractivity contribution in [3.8, 4) is 0 Å². The van der Waals surface area contributed by atoms with Crippen LogP contribution >= 0.6 is 11.5 Å². The summed E-state index contributed by atoms with van der Waals surface area (Å²) in [4.78, 5) is 12.4. The molecule has 2 heterocycles. The summed E-state index contributed by atoms with van der Waals surface area (Å²) in [5, 5.41) is 13.1. The number of aromatic amines is 1. The zero-order chi connectivity index (χ0) is 12.4. The SMILES string of the molecule is CCc1nnsc1C(=O)Nc1n[nH]c(C)c1N. The fourth-order valence-electron chi connectivity index (χ4n) is 1.31. The summed E-state index contributed by atoms with van der Waals surface area (Å²) in [5.74, 6) is 0.0537. The molecule has 1 amide bonds. The molecule has 2 aromatic heterocycles. The Labute approximate surface area is 102 Å². The van der Waals surface area contributed by atoms with Gasteiger partial charge in [0, 0.05) is 0 Å². The number of aromatic nitrogens is 4. The normalized spacial score (nSPS) is 10.5. The zero-order valence-corrected chi connectivity index (χ0v) is 10.3. The molecule has 17 heavy (non-hydrogen) atoms. The number of rotatable bonds is 3. The highest BCUT2D eigenvalue weighted by atomic mass is 32.1. The van der Waals surface area contributed by atoms with Crippen molar-refractivity contribution in [2.24, 2.45) is 0 Å². The molecule has 8 heteroatoms. The van der Waals surface area contributed by atoms with Gasteiger partial charge in [0.25, 0.3) is 5.91 Å². The minimum Gasteiger partial charge on any atom is -0.394 e. The fraction of sp³-hybridized carbons (Fsp3) is 0.333. The maximum Gasteiger partial charge on any atom is 0.270 e. The second-order valence-corrected chi connectivity index (χ2v) is 4.22. The first-order chi connectivity index (χ1) is 8.13. The van der Waals surface area contributed by atoms with E-state index < -0.39 is 0 Å². The number of anilines is 2. The van der Waals surface area contributed by atoms with Crippen molar-refractivity contribution < 1.29 is 4.79 Å². The van der Waals surface area contributed by atoms with Gasteiger partial charge < -0.3 is 11.1 Å². The lowest BCUT2D eigenvalue weighted by Gasteiger charge is -2.01. The predicted molar refractivity (Wildman–Crippen MR) is 65.0 cm³/mol. The van der Waals surface area contributed by atoms with Crippen molar-refractivity contribution in [1.29, 1.82) is 0 Å². The molecule has 0 aromatic carbocycles. The van der Waals surface area contributed by atoms with Gasteiger partial charge in [-0.3, -0.25) is 9.89 Å². The van der Waals surface area contributed by atoms with Gasteiger partial charge in [-0.15, -0.1) is 5.10 Å². The summed E-state index contributed by atoms with van der Waals surface area (Å²) >= 11 is 1.06. The third-order valence-electron chi connectivity index (χ3n) is 2.32. The summed E-state index contributed by atoms with van der Waals surface area (Å²) in [6.45, 7) is 3.70. The highest BCUT2D eigenvalue weighted by Gasteiger charge is 2.17. The molecule has 0 saturated carbocycles. The number of nitrogens with one attached hydrogen (secondary N) is 2. The Morgan fingerprint density at radius 1 is 1.59 bits per heavy atom. The number of amides is 1. The standard InChI is InChI=1S/C9H12N6OS/c1-3-5-7(17-15-13-5)9(16)11-8-6(10)4(2)12-14-8/h3,10H2,1-2H3,(H2,11,12,14,16). The van der Waals surface area contributed by atoms with Crippen LogP contribution in [0.15, 0.2) is 0 Å². The van der Waals surface area contributed by atoms with E-state index in [2.05, 4.69) is 25.1 Å². The Morgan fingerprint density at radius 3 is 2.94 bits per heavy atom. The van der Waals surface area contributed by atoms with Crippen molar-refractivity contribution in [3.05, 3.63) is 16.3 Å². The Morgan fingerprint density at radius 2 is 2.35 bits per heavy atom. The molecule has 0 spiro atoms. The number of hydrogen-bond donors (Lipinski definition) is 3. The van der Waals surface area contributed by atoms with Gasteiger partial charge in [0.15, 0.2) is 5.82 Å². The van der Waals surface area contributed by atoms with Crippen LogP contribution in [0.1, 0.15) is 28.0 Å². The van der Waals surface area contributed by atoms with Crippen LogP contribution in [0.4, 0.5) is 11.5 Å². The van der Waals surface area contributed by atoms with Gasteiger partial charge in [-0.25, -0.2) is 0 Å². The molecule has 0 saturated heterocycles. The van der Waals surface area contributed by atoms with Crippen LogP contribution in [0.5, 0.6) is 0 Å².